The van der Waals surface area contributed by atoms with Crippen LogP contribution in [-0.4, -0.2) is 17.5 Å². The van der Waals surface area contributed by atoms with Crippen LogP contribution >= 0.6 is 11.3 Å². The molecule has 0 fully saturated rings. The maximum Gasteiger partial charge on any atom is 0.322 e. The first-order valence-electron chi connectivity index (χ1n) is 10.5. The molecule has 1 atom stereocenters. The second-order valence-corrected chi connectivity index (χ2v) is 9.19. The van der Waals surface area contributed by atoms with Crippen molar-refractivity contribution >= 4 is 23.1 Å². The minimum atomic E-state index is -0.00910. The van der Waals surface area contributed by atoms with E-state index < -0.39 is 0 Å². The Balaban J connectivity index is 1.54. The first-order chi connectivity index (χ1) is 14.2. The summed E-state index contributed by atoms with van der Waals surface area (Å²) in [5.74, 6) is 0. The minimum absolute atomic E-state index is 0.000400. The Morgan fingerprint density at radius 2 is 1.72 bits per heavy atom. The number of carbonyl (C=O) groups excluding carboxylic acids is 1. The first kappa shape index (κ1) is 18.4. The molecule has 29 heavy (non-hydrogen) atoms. The van der Waals surface area contributed by atoms with Gasteiger partial charge in [0, 0.05) is 22.0 Å². The summed E-state index contributed by atoms with van der Waals surface area (Å²) in [6.07, 6.45) is 5.96. The average molecular weight is 403 g/mol. The molecule has 1 aliphatic carbocycles. The molecule has 148 valence electrons. The molecule has 0 bridgehead atoms. The second-order valence-electron chi connectivity index (χ2n) is 8.06. The predicted octanol–water partition coefficient (Wildman–Crippen LogP) is 6.11. The Kier molecular flexibility index (Phi) is 4.88. The molecule has 5 rings (SSSR count). The number of fused-ring (bicyclic) bond motifs is 3. The zero-order chi connectivity index (χ0) is 19.8. The smallest absolute Gasteiger partial charge is 0.312 e. The van der Waals surface area contributed by atoms with E-state index in [4.69, 9.17) is 0 Å². The van der Waals surface area contributed by atoms with Crippen molar-refractivity contribution in [3.63, 3.8) is 0 Å². The van der Waals surface area contributed by atoms with Gasteiger partial charge in [-0.3, -0.25) is 0 Å². The summed E-state index contributed by atoms with van der Waals surface area (Å²) in [4.78, 5) is 18.4. The highest BCUT2D eigenvalue weighted by atomic mass is 32.1. The lowest BCUT2D eigenvalue weighted by molar-refractivity contribution is 0.195. The van der Waals surface area contributed by atoms with Crippen LogP contribution < -0.4 is 5.32 Å². The summed E-state index contributed by atoms with van der Waals surface area (Å²) in [6.45, 7) is 2.79. The highest BCUT2D eigenvalue weighted by Gasteiger charge is 2.36. The van der Waals surface area contributed by atoms with Crippen molar-refractivity contribution in [1.29, 1.82) is 0 Å². The van der Waals surface area contributed by atoms with Crippen LogP contribution in [0.5, 0.6) is 0 Å². The van der Waals surface area contributed by atoms with Crippen LogP contribution in [0, 0.1) is 6.92 Å². The van der Waals surface area contributed by atoms with Crippen LogP contribution in [0.3, 0.4) is 0 Å². The van der Waals surface area contributed by atoms with Crippen LogP contribution in [0.4, 0.5) is 10.5 Å². The third kappa shape index (κ3) is 3.36. The highest BCUT2D eigenvalue weighted by Crippen LogP contribution is 2.45. The van der Waals surface area contributed by atoms with E-state index in [1.54, 1.807) is 10.4 Å². The van der Waals surface area contributed by atoms with Crippen LogP contribution in [-0.2, 0) is 19.3 Å². The SMILES string of the molecule is Cc1ccccc1NC(=O)N1CCc2c(sc3c2CCCC3)C1c1ccccc1. The number of benzene rings is 2. The van der Waals surface area contributed by atoms with Crippen LogP contribution in [0.15, 0.2) is 54.6 Å². The fraction of sp³-hybridized carbons (Fsp3) is 0.320. The molecule has 1 aromatic heterocycles. The van der Waals surface area contributed by atoms with E-state index in [-0.39, 0.29) is 12.1 Å². The lowest BCUT2D eigenvalue weighted by atomic mass is 9.88. The molecule has 2 aromatic carbocycles. The van der Waals surface area contributed by atoms with Crippen molar-refractivity contribution < 1.29 is 4.79 Å². The minimum Gasteiger partial charge on any atom is -0.312 e. The maximum absolute atomic E-state index is 13.4. The van der Waals surface area contributed by atoms with Crippen LogP contribution in [0.2, 0.25) is 0 Å². The van der Waals surface area contributed by atoms with Crippen molar-refractivity contribution in [3.05, 3.63) is 86.6 Å². The Morgan fingerprint density at radius 1 is 0.966 bits per heavy atom. The number of hydrogen-bond acceptors (Lipinski definition) is 2. The van der Waals surface area contributed by atoms with E-state index in [2.05, 4.69) is 29.6 Å². The van der Waals surface area contributed by atoms with Crippen LogP contribution in [0.1, 0.15) is 50.9 Å². The van der Waals surface area contributed by atoms with Crippen LogP contribution in [0.25, 0.3) is 0 Å². The number of hydrogen-bond donors (Lipinski definition) is 1. The number of carbonyl (C=O) groups is 1. The van der Waals surface area contributed by atoms with E-state index in [1.807, 2.05) is 53.5 Å². The number of thiophene rings is 1. The Morgan fingerprint density at radius 3 is 2.55 bits per heavy atom. The summed E-state index contributed by atoms with van der Waals surface area (Å²) >= 11 is 1.95. The van der Waals surface area contributed by atoms with E-state index >= 15 is 0 Å². The molecule has 3 aromatic rings. The molecule has 1 aliphatic heterocycles. The van der Waals surface area contributed by atoms with E-state index in [9.17, 15) is 4.79 Å². The van der Waals surface area contributed by atoms with E-state index in [0.717, 1.165) is 24.2 Å². The molecular formula is C25H26N2OS. The quantitative estimate of drug-likeness (QED) is 0.551. The molecule has 0 spiro atoms. The summed E-state index contributed by atoms with van der Waals surface area (Å²) in [6, 6.07) is 18.5. The number of anilines is 1. The highest BCUT2D eigenvalue weighted by molar-refractivity contribution is 7.12. The van der Waals surface area contributed by atoms with Gasteiger partial charge in [0.2, 0.25) is 0 Å². The van der Waals surface area contributed by atoms with Gasteiger partial charge in [-0.25, -0.2) is 4.79 Å². The van der Waals surface area contributed by atoms with Crippen molar-refractivity contribution in [1.82, 2.24) is 4.90 Å². The second kappa shape index (κ2) is 7.68. The lowest BCUT2D eigenvalue weighted by Gasteiger charge is -2.36. The van der Waals surface area contributed by atoms with Crippen molar-refractivity contribution in [2.45, 2.75) is 45.1 Å². The number of nitrogens with zero attached hydrogens (tertiary/aromatic N) is 1. The molecule has 0 radical (unpaired) electrons. The Labute approximate surface area is 176 Å². The zero-order valence-electron chi connectivity index (χ0n) is 16.8. The van der Waals surface area contributed by atoms with Gasteiger partial charge >= 0.3 is 6.03 Å². The molecule has 1 N–H and O–H groups in total. The topological polar surface area (TPSA) is 32.3 Å². The summed E-state index contributed by atoms with van der Waals surface area (Å²) < 4.78 is 0. The third-order valence-corrected chi connectivity index (χ3v) is 7.62. The molecule has 1 unspecified atom stereocenters. The van der Waals surface area contributed by atoms with Gasteiger partial charge in [0.15, 0.2) is 0 Å². The molecule has 2 amide bonds. The molecule has 4 heteroatoms. The fourth-order valence-corrected chi connectivity index (χ4v) is 6.32. The lowest BCUT2D eigenvalue weighted by Crippen LogP contribution is -2.42. The van der Waals surface area contributed by atoms with Gasteiger partial charge in [-0.05, 0) is 67.3 Å². The van der Waals surface area contributed by atoms with Gasteiger partial charge in [-0.1, -0.05) is 48.5 Å². The van der Waals surface area contributed by atoms with E-state index in [0.29, 0.717) is 0 Å². The first-order valence-corrected chi connectivity index (χ1v) is 11.4. The maximum atomic E-state index is 13.4. The standard InChI is InChI=1S/C25H26N2OS/c1-17-9-5-7-13-21(17)26-25(28)27-16-15-20-19-12-6-8-14-22(19)29-24(20)23(27)18-10-3-2-4-11-18/h2-5,7,9-11,13,23H,6,8,12,14-16H2,1H3,(H,26,28). The normalized spacial score (nSPS) is 18.1. The monoisotopic (exact) mass is 402 g/mol. The number of aryl methyl sites for hydroxylation is 2. The predicted molar refractivity (Wildman–Crippen MR) is 120 cm³/mol. The average Bonchev–Trinajstić information content (AvgIpc) is 3.14. The molecular weight excluding hydrogens is 376 g/mol. The number of nitrogens with one attached hydrogen (secondary N) is 1. The van der Waals surface area contributed by atoms with Gasteiger partial charge in [0.25, 0.3) is 0 Å². The van der Waals surface area contributed by atoms with Crippen molar-refractivity contribution in [2.75, 3.05) is 11.9 Å². The summed E-state index contributed by atoms with van der Waals surface area (Å²) in [5, 5.41) is 3.16. The van der Waals surface area contributed by atoms with Crippen molar-refractivity contribution in [3.8, 4) is 0 Å². The fourth-order valence-electron chi connectivity index (χ4n) is 4.74. The summed E-state index contributed by atoms with van der Waals surface area (Å²) in [5.41, 5.74) is 6.29. The van der Waals surface area contributed by atoms with E-state index in [1.165, 1.54) is 41.7 Å². The number of para-hydroxylation sites is 1. The molecule has 3 nitrogen and oxygen atoms in total. The largest absolute Gasteiger partial charge is 0.322 e. The molecule has 2 heterocycles. The Hall–Kier alpha value is -2.59. The van der Waals surface area contributed by atoms with Gasteiger partial charge < -0.3 is 10.2 Å². The van der Waals surface area contributed by atoms with Gasteiger partial charge in [-0.15, -0.1) is 11.3 Å². The number of amides is 2. The molecule has 0 saturated heterocycles. The van der Waals surface area contributed by atoms with Gasteiger partial charge in [-0.2, -0.15) is 0 Å². The van der Waals surface area contributed by atoms with Gasteiger partial charge in [0.05, 0.1) is 6.04 Å². The third-order valence-electron chi connectivity index (χ3n) is 6.24. The summed E-state index contributed by atoms with van der Waals surface area (Å²) in [7, 11) is 0. The van der Waals surface area contributed by atoms with Gasteiger partial charge in [0.1, 0.15) is 0 Å². The molecule has 2 aliphatic rings. The molecule has 0 saturated carbocycles. The number of rotatable bonds is 2. The van der Waals surface area contributed by atoms with Crippen molar-refractivity contribution in [2.24, 2.45) is 0 Å². The zero-order valence-corrected chi connectivity index (χ0v) is 17.6. The number of urea groups is 1. The Bertz CT molecular complexity index is 1040.